The molecule has 0 bridgehead atoms. The molecule has 0 aromatic heterocycles. The number of halogens is 1. The fraction of sp³-hybridized carbons (Fsp3) is 0.273. The topological polar surface area (TPSA) is 118 Å². The fourth-order valence-electron chi connectivity index (χ4n) is 1.52. The predicted octanol–water partition coefficient (Wildman–Crippen LogP) is 0.534. The first-order chi connectivity index (χ1) is 9.20. The molecule has 20 heavy (non-hydrogen) atoms. The lowest BCUT2D eigenvalue weighted by Crippen LogP contribution is -2.38. The van der Waals surface area contributed by atoms with E-state index in [-0.39, 0.29) is 22.0 Å². The van der Waals surface area contributed by atoms with Gasteiger partial charge < -0.3 is 10.8 Å². The predicted molar refractivity (Wildman–Crippen MR) is 72.0 cm³/mol. The van der Waals surface area contributed by atoms with Crippen molar-refractivity contribution in [2.45, 2.75) is 11.8 Å². The van der Waals surface area contributed by atoms with Crippen molar-refractivity contribution in [3.63, 3.8) is 0 Å². The Balaban J connectivity index is 3.31. The summed E-state index contributed by atoms with van der Waals surface area (Å²) in [5.74, 6) is -2.15. The molecular weight excluding hydrogens is 308 g/mol. The molecule has 0 aliphatic heterocycles. The minimum absolute atomic E-state index is 0.0241. The van der Waals surface area contributed by atoms with Crippen LogP contribution in [0.1, 0.15) is 17.3 Å². The summed E-state index contributed by atoms with van der Waals surface area (Å²) in [6.45, 7) is 1.08. The summed E-state index contributed by atoms with van der Waals surface area (Å²) in [6.07, 6.45) is 0. The zero-order chi connectivity index (χ0) is 15.5. The van der Waals surface area contributed by atoms with Crippen molar-refractivity contribution in [3.8, 4) is 0 Å². The number of carbonyl (C=O) groups excluding carboxylic acids is 1. The molecule has 1 amide bonds. The highest BCUT2D eigenvalue weighted by Gasteiger charge is 2.26. The molecule has 0 atom stereocenters. The van der Waals surface area contributed by atoms with Crippen LogP contribution in [-0.4, -0.2) is 42.8 Å². The van der Waals surface area contributed by atoms with Gasteiger partial charge in [0, 0.05) is 6.54 Å². The second kappa shape index (κ2) is 6.21. The Morgan fingerprint density at radius 3 is 2.45 bits per heavy atom. The zero-order valence-electron chi connectivity index (χ0n) is 10.5. The second-order valence-corrected chi connectivity index (χ2v) is 6.19. The minimum atomic E-state index is -4.01. The van der Waals surface area contributed by atoms with E-state index in [9.17, 15) is 18.0 Å². The Labute approximate surface area is 121 Å². The summed E-state index contributed by atoms with van der Waals surface area (Å²) in [4.78, 5) is 21.6. The van der Waals surface area contributed by atoms with Gasteiger partial charge in [0.05, 0.1) is 22.0 Å². The molecule has 1 rings (SSSR count). The molecule has 0 spiro atoms. The van der Waals surface area contributed by atoms with Gasteiger partial charge in [0.25, 0.3) is 0 Å². The van der Waals surface area contributed by atoms with Crippen molar-refractivity contribution in [3.05, 3.63) is 28.8 Å². The number of nitrogens with two attached hydrogens (primary N) is 1. The van der Waals surface area contributed by atoms with Gasteiger partial charge in [0.2, 0.25) is 15.9 Å². The van der Waals surface area contributed by atoms with E-state index in [2.05, 4.69) is 0 Å². The van der Waals surface area contributed by atoms with Crippen LogP contribution in [0.25, 0.3) is 0 Å². The Morgan fingerprint density at radius 2 is 2.00 bits per heavy atom. The Hall–Kier alpha value is -1.64. The van der Waals surface area contributed by atoms with E-state index in [1.165, 1.54) is 19.1 Å². The van der Waals surface area contributed by atoms with Crippen molar-refractivity contribution in [2.24, 2.45) is 5.73 Å². The number of likely N-dealkylation sites (N-methyl/N-ethyl adjacent to an activating group) is 1. The van der Waals surface area contributed by atoms with Gasteiger partial charge in [0.1, 0.15) is 0 Å². The molecular formula is C11H13ClN2O5S. The molecule has 1 aromatic carbocycles. The van der Waals surface area contributed by atoms with Crippen LogP contribution in [0.15, 0.2) is 23.1 Å². The van der Waals surface area contributed by atoms with Crippen molar-refractivity contribution in [1.82, 2.24) is 4.31 Å². The van der Waals surface area contributed by atoms with Crippen LogP contribution in [0.3, 0.4) is 0 Å². The van der Waals surface area contributed by atoms with E-state index in [1.807, 2.05) is 0 Å². The lowest BCUT2D eigenvalue weighted by atomic mass is 10.2. The van der Waals surface area contributed by atoms with Gasteiger partial charge in [0.15, 0.2) is 0 Å². The van der Waals surface area contributed by atoms with Crippen LogP contribution in [0.4, 0.5) is 0 Å². The number of nitrogens with zero attached hydrogens (tertiary/aromatic N) is 1. The molecule has 0 saturated heterocycles. The van der Waals surface area contributed by atoms with Crippen molar-refractivity contribution in [2.75, 3.05) is 13.1 Å². The van der Waals surface area contributed by atoms with Crippen LogP contribution in [0, 0.1) is 0 Å². The number of rotatable bonds is 6. The average molecular weight is 321 g/mol. The lowest BCUT2D eigenvalue weighted by Gasteiger charge is -2.19. The normalized spacial score (nSPS) is 11.6. The van der Waals surface area contributed by atoms with E-state index in [4.69, 9.17) is 22.4 Å². The highest BCUT2D eigenvalue weighted by atomic mass is 35.5. The van der Waals surface area contributed by atoms with Gasteiger partial charge in [-0.15, -0.1) is 0 Å². The maximum absolute atomic E-state index is 12.3. The van der Waals surface area contributed by atoms with Crippen molar-refractivity contribution in [1.29, 1.82) is 0 Å². The Bertz CT molecular complexity index is 644. The monoisotopic (exact) mass is 320 g/mol. The molecule has 0 saturated carbocycles. The Morgan fingerprint density at radius 1 is 1.40 bits per heavy atom. The molecule has 0 aliphatic rings. The largest absolute Gasteiger partial charge is 0.478 e. The van der Waals surface area contributed by atoms with E-state index >= 15 is 0 Å². The highest BCUT2D eigenvalue weighted by molar-refractivity contribution is 7.89. The molecule has 0 radical (unpaired) electrons. The van der Waals surface area contributed by atoms with E-state index in [0.29, 0.717) is 0 Å². The van der Waals surface area contributed by atoms with Crippen LogP contribution in [-0.2, 0) is 14.8 Å². The first-order valence-corrected chi connectivity index (χ1v) is 7.33. The Kier molecular flexibility index (Phi) is 5.09. The lowest BCUT2D eigenvalue weighted by molar-refractivity contribution is -0.118. The fourth-order valence-corrected chi connectivity index (χ4v) is 3.16. The van der Waals surface area contributed by atoms with E-state index in [1.54, 1.807) is 0 Å². The highest BCUT2D eigenvalue weighted by Crippen LogP contribution is 2.22. The van der Waals surface area contributed by atoms with E-state index in [0.717, 1.165) is 10.4 Å². The maximum Gasteiger partial charge on any atom is 0.337 e. The van der Waals surface area contributed by atoms with Gasteiger partial charge in [-0.2, -0.15) is 4.31 Å². The first kappa shape index (κ1) is 16.4. The average Bonchev–Trinajstić information content (AvgIpc) is 2.35. The molecule has 0 heterocycles. The number of hydrogen-bond acceptors (Lipinski definition) is 4. The van der Waals surface area contributed by atoms with Crippen LogP contribution in [0.5, 0.6) is 0 Å². The zero-order valence-corrected chi connectivity index (χ0v) is 12.1. The number of hydrogen-bond donors (Lipinski definition) is 2. The quantitative estimate of drug-likeness (QED) is 0.793. The summed E-state index contributed by atoms with van der Waals surface area (Å²) >= 11 is 5.68. The first-order valence-electron chi connectivity index (χ1n) is 5.51. The number of primary amides is 1. The number of benzene rings is 1. The minimum Gasteiger partial charge on any atom is -0.478 e. The van der Waals surface area contributed by atoms with E-state index < -0.39 is 28.4 Å². The third-order valence-corrected chi connectivity index (χ3v) is 4.74. The molecule has 9 heteroatoms. The van der Waals surface area contributed by atoms with Crippen LogP contribution in [0.2, 0.25) is 5.02 Å². The number of carboxylic acids is 1. The molecule has 110 valence electrons. The third kappa shape index (κ3) is 3.47. The van der Waals surface area contributed by atoms with Crippen LogP contribution >= 0.6 is 11.6 Å². The molecule has 0 aliphatic carbocycles. The number of carboxylic acid groups (broad SMARTS) is 1. The number of aromatic carboxylic acids is 1. The number of carbonyl (C=O) groups is 2. The molecule has 1 aromatic rings. The van der Waals surface area contributed by atoms with Crippen LogP contribution < -0.4 is 5.73 Å². The molecule has 0 fully saturated rings. The summed E-state index contributed by atoms with van der Waals surface area (Å²) < 4.78 is 25.4. The van der Waals surface area contributed by atoms with Crippen molar-refractivity contribution >= 4 is 33.5 Å². The summed E-state index contributed by atoms with van der Waals surface area (Å²) in [5, 5.41) is 8.86. The van der Waals surface area contributed by atoms with Gasteiger partial charge >= 0.3 is 5.97 Å². The number of sulfonamides is 1. The molecule has 0 unspecified atom stereocenters. The van der Waals surface area contributed by atoms with Gasteiger partial charge in [-0.25, -0.2) is 13.2 Å². The standard InChI is InChI=1S/C11H13ClN2O5S/c1-2-14(6-10(13)15)20(18,19)7-3-4-9(12)8(5-7)11(16)17/h3-5H,2,6H2,1H3,(H2,13,15)(H,16,17). The number of amides is 1. The summed E-state index contributed by atoms with van der Waals surface area (Å²) in [5.41, 5.74) is 4.65. The van der Waals surface area contributed by atoms with Crippen molar-refractivity contribution < 1.29 is 23.1 Å². The second-order valence-electron chi connectivity index (χ2n) is 3.84. The van der Waals surface area contributed by atoms with Gasteiger partial charge in [-0.3, -0.25) is 4.79 Å². The summed E-state index contributed by atoms with van der Waals surface area (Å²) in [6, 6.07) is 3.30. The summed E-state index contributed by atoms with van der Waals surface area (Å²) in [7, 11) is -4.01. The van der Waals surface area contributed by atoms with Gasteiger partial charge in [-0.05, 0) is 18.2 Å². The molecule has 7 nitrogen and oxygen atoms in total. The van der Waals surface area contributed by atoms with Gasteiger partial charge in [-0.1, -0.05) is 18.5 Å². The smallest absolute Gasteiger partial charge is 0.337 e. The third-order valence-electron chi connectivity index (χ3n) is 2.49. The molecule has 3 N–H and O–H groups in total. The maximum atomic E-state index is 12.3. The SMILES string of the molecule is CCN(CC(N)=O)S(=O)(=O)c1ccc(Cl)c(C(=O)O)c1.